The first-order valence-corrected chi connectivity index (χ1v) is 6.71. The number of rotatable bonds is 3. The predicted molar refractivity (Wildman–Crippen MR) is 65.6 cm³/mol. The Bertz CT molecular complexity index is 474. The van der Waals surface area contributed by atoms with Crippen molar-refractivity contribution in [3.8, 4) is 0 Å². The molecule has 1 N–H and O–H groups in total. The monoisotopic (exact) mass is 266 g/mol. The number of carboxylic acid groups (broad SMARTS) is 1. The van der Waals surface area contributed by atoms with Crippen LogP contribution in [-0.4, -0.2) is 56.5 Å². The molecule has 2 aliphatic rings. The van der Waals surface area contributed by atoms with E-state index >= 15 is 0 Å². The molecule has 1 saturated heterocycles. The average molecular weight is 266 g/mol. The Morgan fingerprint density at radius 2 is 2.26 bits per heavy atom. The Labute approximate surface area is 111 Å². The standard InChI is InChI=1S/C12H18N4O3/c17-12(18)9-8-19-6-5-15(9)7-11-14-13-10-3-1-2-4-16(10)11/h9H,1-8H2,(H,17,18). The van der Waals surface area contributed by atoms with Crippen LogP contribution in [0.15, 0.2) is 0 Å². The summed E-state index contributed by atoms with van der Waals surface area (Å²) < 4.78 is 7.38. The minimum Gasteiger partial charge on any atom is -0.480 e. The lowest BCUT2D eigenvalue weighted by molar-refractivity contribution is -0.150. The molecule has 0 aromatic carbocycles. The fourth-order valence-corrected chi connectivity index (χ4v) is 2.72. The Balaban J connectivity index is 1.76. The van der Waals surface area contributed by atoms with E-state index in [1.54, 1.807) is 0 Å². The summed E-state index contributed by atoms with van der Waals surface area (Å²) in [5.41, 5.74) is 0. The number of aryl methyl sites for hydroxylation is 1. The number of carboxylic acids is 1. The highest BCUT2D eigenvalue weighted by molar-refractivity contribution is 5.73. The molecule has 1 fully saturated rings. The van der Waals surface area contributed by atoms with Crippen molar-refractivity contribution in [2.75, 3.05) is 19.8 Å². The lowest BCUT2D eigenvalue weighted by atomic mass is 10.1. The van der Waals surface area contributed by atoms with Gasteiger partial charge in [-0.3, -0.25) is 9.69 Å². The van der Waals surface area contributed by atoms with E-state index in [1.165, 1.54) is 0 Å². The second kappa shape index (κ2) is 5.26. The number of aromatic nitrogens is 3. The van der Waals surface area contributed by atoms with Crippen LogP contribution in [0.25, 0.3) is 0 Å². The number of carbonyl (C=O) groups is 1. The molecule has 1 aromatic rings. The zero-order chi connectivity index (χ0) is 13.2. The number of ether oxygens (including phenoxy) is 1. The molecule has 0 bridgehead atoms. The van der Waals surface area contributed by atoms with Crippen molar-refractivity contribution in [3.63, 3.8) is 0 Å². The normalized spacial score (nSPS) is 24.1. The van der Waals surface area contributed by atoms with E-state index in [0.717, 1.165) is 37.5 Å². The first-order chi connectivity index (χ1) is 9.25. The summed E-state index contributed by atoms with van der Waals surface area (Å²) >= 11 is 0. The van der Waals surface area contributed by atoms with E-state index in [1.807, 2.05) is 4.90 Å². The first kappa shape index (κ1) is 12.6. The van der Waals surface area contributed by atoms with Gasteiger partial charge in [-0.15, -0.1) is 10.2 Å². The van der Waals surface area contributed by atoms with Gasteiger partial charge in [0.2, 0.25) is 0 Å². The molecular weight excluding hydrogens is 248 g/mol. The van der Waals surface area contributed by atoms with Crippen molar-refractivity contribution < 1.29 is 14.6 Å². The van der Waals surface area contributed by atoms with E-state index in [0.29, 0.717) is 19.7 Å². The second-order valence-electron chi connectivity index (χ2n) is 5.04. The summed E-state index contributed by atoms with van der Waals surface area (Å²) in [5, 5.41) is 17.6. The number of aliphatic carboxylic acids is 1. The van der Waals surface area contributed by atoms with E-state index < -0.39 is 12.0 Å². The number of fused-ring (bicyclic) bond motifs is 1. The lowest BCUT2D eigenvalue weighted by Crippen LogP contribution is -2.49. The quantitative estimate of drug-likeness (QED) is 0.823. The number of nitrogens with zero attached hydrogens (tertiary/aromatic N) is 4. The fourth-order valence-electron chi connectivity index (χ4n) is 2.72. The maximum Gasteiger partial charge on any atom is 0.323 e. The molecule has 7 nitrogen and oxygen atoms in total. The maximum absolute atomic E-state index is 11.2. The first-order valence-electron chi connectivity index (χ1n) is 6.71. The summed E-state index contributed by atoms with van der Waals surface area (Å²) in [4.78, 5) is 13.1. The minimum atomic E-state index is -0.835. The molecule has 0 radical (unpaired) electrons. The molecule has 1 aromatic heterocycles. The van der Waals surface area contributed by atoms with Gasteiger partial charge in [-0.2, -0.15) is 0 Å². The topological polar surface area (TPSA) is 80.5 Å². The van der Waals surface area contributed by atoms with Gasteiger partial charge in [0, 0.05) is 19.5 Å². The van der Waals surface area contributed by atoms with Crippen molar-refractivity contribution in [2.24, 2.45) is 0 Å². The second-order valence-corrected chi connectivity index (χ2v) is 5.04. The molecule has 19 heavy (non-hydrogen) atoms. The summed E-state index contributed by atoms with van der Waals surface area (Å²) in [6.45, 7) is 2.92. The highest BCUT2D eigenvalue weighted by Gasteiger charge is 2.30. The molecule has 104 valence electrons. The molecule has 0 saturated carbocycles. The van der Waals surface area contributed by atoms with Crippen LogP contribution in [0, 0.1) is 0 Å². The molecule has 3 heterocycles. The third-order valence-electron chi connectivity index (χ3n) is 3.81. The van der Waals surface area contributed by atoms with E-state index in [2.05, 4.69) is 14.8 Å². The summed E-state index contributed by atoms with van der Waals surface area (Å²) in [6, 6.07) is -0.578. The Morgan fingerprint density at radius 1 is 1.37 bits per heavy atom. The smallest absolute Gasteiger partial charge is 0.323 e. The van der Waals surface area contributed by atoms with Gasteiger partial charge in [-0.1, -0.05) is 0 Å². The predicted octanol–water partition coefficient (Wildman–Crippen LogP) is -0.100. The van der Waals surface area contributed by atoms with Crippen molar-refractivity contribution in [2.45, 2.75) is 38.4 Å². The van der Waals surface area contributed by atoms with Crippen LogP contribution in [0.3, 0.4) is 0 Å². The van der Waals surface area contributed by atoms with Gasteiger partial charge >= 0.3 is 5.97 Å². The van der Waals surface area contributed by atoms with Crippen LogP contribution < -0.4 is 0 Å². The van der Waals surface area contributed by atoms with Gasteiger partial charge in [-0.05, 0) is 12.8 Å². The highest BCUT2D eigenvalue weighted by Crippen LogP contribution is 2.17. The van der Waals surface area contributed by atoms with Gasteiger partial charge in [0.05, 0.1) is 19.8 Å². The summed E-state index contributed by atoms with van der Waals surface area (Å²) in [6.07, 6.45) is 3.27. The largest absolute Gasteiger partial charge is 0.480 e. The zero-order valence-electron chi connectivity index (χ0n) is 10.8. The van der Waals surface area contributed by atoms with E-state index in [4.69, 9.17) is 4.74 Å². The van der Waals surface area contributed by atoms with Crippen molar-refractivity contribution in [3.05, 3.63) is 11.6 Å². The number of morpholine rings is 1. The molecule has 2 aliphatic heterocycles. The van der Waals surface area contributed by atoms with Crippen molar-refractivity contribution >= 4 is 5.97 Å². The van der Waals surface area contributed by atoms with E-state index in [-0.39, 0.29) is 6.61 Å². The molecule has 0 amide bonds. The van der Waals surface area contributed by atoms with Crippen molar-refractivity contribution in [1.29, 1.82) is 0 Å². The Morgan fingerprint density at radius 3 is 3.11 bits per heavy atom. The van der Waals surface area contributed by atoms with Crippen LogP contribution in [0.2, 0.25) is 0 Å². The highest BCUT2D eigenvalue weighted by atomic mass is 16.5. The van der Waals surface area contributed by atoms with Gasteiger partial charge < -0.3 is 14.4 Å². The van der Waals surface area contributed by atoms with Crippen LogP contribution >= 0.6 is 0 Å². The lowest BCUT2D eigenvalue weighted by Gasteiger charge is -2.32. The van der Waals surface area contributed by atoms with E-state index in [9.17, 15) is 9.90 Å². The molecule has 7 heteroatoms. The van der Waals surface area contributed by atoms with Gasteiger partial charge in [0.15, 0.2) is 0 Å². The molecule has 1 unspecified atom stereocenters. The zero-order valence-corrected chi connectivity index (χ0v) is 10.8. The third kappa shape index (κ3) is 2.48. The van der Waals surface area contributed by atoms with Crippen LogP contribution in [0.5, 0.6) is 0 Å². The van der Waals surface area contributed by atoms with Gasteiger partial charge in [0.1, 0.15) is 17.7 Å². The Kier molecular flexibility index (Phi) is 3.48. The molecule has 3 rings (SSSR count). The molecule has 0 aliphatic carbocycles. The molecular formula is C12H18N4O3. The summed E-state index contributed by atoms with van der Waals surface area (Å²) in [5.74, 6) is 1.07. The van der Waals surface area contributed by atoms with Crippen molar-refractivity contribution in [1.82, 2.24) is 19.7 Å². The van der Waals surface area contributed by atoms with Crippen LogP contribution in [0.1, 0.15) is 24.5 Å². The Hall–Kier alpha value is -1.47. The van der Waals surface area contributed by atoms with Gasteiger partial charge in [0.25, 0.3) is 0 Å². The van der Waals surface area contributed by atoms with Crippen LogP contribution in [0.4, 0.5) is 0 Å². The molecule has 1 atom stereocenters. The van der Waals surface area contributed by atoms with Crippen LogP contribution in [-0.2, 0) is 29.0 Å². The summed E-state index contributed by atoms with van der Waals surface area (Å²) in [7, 11) is 0. The maximum atomic E-state index is 11.2. The SMILES string of the molecule is O=C(O)C1COCCN1Cc1nnc2n1CCCC2. The van der Waals surface area contributed by atoms with Gasteiger partial charge in [-0.25, -0.2) is 0 Å². The molecule has 0 spiro atoms. The number of hydrogen-bond donors (Lipinski definition) is 1. The minimum absolute atomic E-state index is 0.246. The third-order valence-corrected chi connectivity index (χ3v) is 3.81. The average Bonchev–Trinajstić information content (AvgIpc) is 2.83. The number of hydrogen-bond acceptors (Lipinski definition) is 5. The fraction of sp³-hybridized carbons (Fsp3) is 0.750.